The van der Waals surface area contributed by atoms with Gasteiger partial charge in [0.25, 0.3) is 0 Å². The molecule has 0 bridgehead atoms. The molecule has 0 amide bonds. The van der Waals surface area contributed by atoms with Crippen molar-refractivity contribution in [3.63, 3.8) is 0 Å². The zero-order valence-electron chi connectivity index (χ0n) is 12.2. The number of hydrogen-bond acceptors (Lipinski definition) is 4. The van der Waals surface area contributed by atoms with Crippen LogP contribution in [0.15, 0.2) is 18.2 Å². The number of nitrogens with zero attached hydrogens (tertiary/aromatic N) is 2. The summed E-state index contributed by atoms with van der Waals surface area (Å²) in [4.78, 5) is 5.08. The molecule has 2 aliphatic heterocycles. The minimum Gasteiger partial charge on any atom is -0.379 e. The first-order valence-electron chi connectivity index (χ1n) is 7.68. The number of nitrogens with two attached hydrogens (primary N) is 1. The Balaban J connectivity index is 1.53. The van der Waals surface area contributed by atoms with Crippen molar-refractivity contribution >= 4 is 0 Å². The van der Waals surface area contributed by atoms with Crippen molar-refractivity contribution in [1.82, 2.24) is 9.80 Å². The Morgan fingerprint density at radius 3 is 2.60 bits per heavy atom. The van der Waals surface area contributed by atoms with E-state index in [1.807, 2.05) is 0 Å². The average molecular weight is 275 g/mol. The molecule has 0 unspecified atom stereocenters. The first kappa shape index (κ1) is 14.0. The van der Waals surface area contributed by atoms with Crippen molar-refractivity contribution in [3.8, 4) is 0 Å². The Kier molecular flexibility index (Phi) is 4.68. The van der Waals surface area contributed by atoms with Crippen LogP contribution in [0.5, 0.6) is 0 Å². The Bertz CT molecular complexity index is 443. The SMILES string of the molecule is NCc1ccc2c(c1)CCN(CCN1CCOCC1)C2. The Labute approximate surface area is 121 Å². The van der Waals surface area contributed by atoms with Gasteiger partial charge in [0.1, 0.15) is 0 Å². The summed E-state index contributed by atoms with van der Waals surface area (Å²) >= 11 is 0. The standard InChI is InChI=1S/C16H25N3O/c17-12-14-1-2-16-13-19(4-3-15(16)11-14)6-5-18-7-9-20-10-8-18/h1-2,11H,3-10,12-13,17H2. The van der Waals surface area contributed by atoms with Crippen LogP contribution in [-0.4, -0.2) is 55.7 Å². The molecule has 0 aliphatic carbocycles. The summed E-state index contributed by atoms with van der Waals surface area (Å²) in [6, 6.07) is 6.72. The molecule has 0 radical (unpaired) electrons. The molecule has 110 valence electrons. The molecule has 0 spiro atoms. The summed E-state index contributed by atoms with van der Waals surface area (Å²) in [5.41, 5.74) is 9.95. The highest BCUT2D eigenvalue weighted by atomic mass is 16.5. The normalized spacial score (nSPS) is 20.9. The largest absolute Gasteiger partial charge is 0.379 e. The van der Waals surface area contributed by atoms with Crippen LogP contribution in [0, 0.1) is 0 Å². The second-order valence-electron chi connectivity index (χ2n) is 5.79. The molecule has 2 N–H and O–H groups in total. The van der Waals surface area contributed by atoms with Gasteiger partial charge in [-0.3, -0.25) is 9.80 Å². The van der Waals surface area contributed by atoms with E-state index in [1.54, 1.807) is 0 Å². The van der Waals surface area contributed by atoms with Gasteiger partial charge in [-0.25, -0.2) is 0 Å². The zero-order chi connectivity index (χ0) is 13.8. The molecule has 0 atom stereocenters. The summed E-state index contributed by atoms with van der Waals surface area (Å²) in [5.74, 6) is 0. The lowest BCUT2D eigenvalue weighted by Gasteiger charge is -2.32. The van der Waals surface area contributed by atoms with E-state index in [-0.39, 0.29) is 0 Å². The van der Waals surface area contributed by atoms with Crippen LogP contribution in [0.1, 0.15) is 16.7 Å². The van der Waals surface area contributed by atoms with E-state index < -0.39 is 0 Å². The van der Waals surface area contributed by atoms with Crippen LogP contribution in [-0.2, 0) is 24.2 Å². The van der Waals surface area contributed by atoms with Crippen LogP contribution in [0.3, 0.4) is 0 Å². The summed E-state index contributed by atoms with van der Waals surface area (Å²) in [6.07, 6.45) is 1.16. The van der Waals surface area contributed by atoms with E-state index in [0.717, 1.165) is 45.8 Å². The molecule has 0 aromatic heterocycles. The van der Waals surface area contributed by atoms with Crippen LogP contribution in [0.2, 0.25) is 0 Å². The highest BCUT2D eigenvalue weighted by Gasteiger charge is 2.17. The predicted molar refractivity (Wildman–Crippen MR) is 80.6 cm³/mol. The maximum absolute atomic E-state index is 5.71. The molecular formula is C16H25N3O. The molecule has 4 nitrogen and oxygen atoms in total. The van der Waals surface area contributed by atoms with Gasteiger partial charge in [0.2, 0.25) is 0 Å². The minimum atomic E-state index is 0.647. The fraction of sp³-hybridized carbons (Fsp3) is 0.625. The lowest BCUT2D eigenvalue weighted by molar-refractivity contribution is 0.0327. The van der Waals surface area contributed by atoms with Crippen LogP contribution >= 0.6 is 0 Å². The van der Waals surface area contributed by atoms with E-state index >= 15 is 0 Å². The Hall–Kier alpha value is -0.940. The van der Waals surface area contributed by atoms with Gasteiger partial charge in [-0.2, -0.15) is 0 Å². The van der Waals surface area contributed by atoms with Gasteiger partial charge in [-0.1, -0.05) is 18.2 Å². The van der Waals surface area contributed by atoms with Gasteiger partial charge in [-0.05, 0) is 23.1 Å². The molecular weight excluding hydrogens is 250 g/mol. The fourth-order valence-electron chi connectivity index (χ4n) is 3.09. The van der Waals surface area contributed by atoms with Gasteiger partial charge >= 0.3 is 0 Å². The number of ether oxygens (including phenoxy) is 1. The molecule has 1 aromatic rings. The third-order valence-electron chi connectivity index (χ3n) is 4.43. The zero-order valence-corrected chi connectivity index (χ0v) is 12.2. The number of hydrogen-bond donors (Lipinski definition) is 1. The van der Waals surface area contributed by atoms with E-state index in [2.05, 4.69) is 28.0 Å². The topological polar surface area (TPSA) is 41.7 Å². The number of fused-ring (bicyclic) bond motifs is 1. The van der Waals surface area contributed by atoms with Gasteiger partial charge in [0.05, 0.1) is 13.2 Å². The maximum atomic E-state index is 5.71. The van der Waals surface area contributed by atoms with Crippen molar-refractivity contribution in [1.29, 1.82) is 0 Å². The molecule has 1 fully saturated rings. The average Bonchev–Trinajstić information content (AvgIpc) is 2.53. The monoisotopic (exact) mass is 275 g/mol. The van der Waals surface area contributed by atoms with Crippen LogP contribution in [0.25, 0.3) is 0 Å². The van der Waals surface area contributed by atoms with Crippen molar-refractivity contribution in [3.05, 3.63) is 34.9 Å². The number of morpholine rings is 1. The lowest BCUT2D eigenvalue weighted by Crippen LogP contribution is -2.42. The number of rotatable bonds is 4. The van der Waals surface area contributed by atoms with Crippen LogP contribution < -0.4 is 5.73 Å². The maximum Gasteiger partial charge on any atom is 0.0594 e. The Morgan fingerprint density at radius 2 is 1.80 bits per heavy atom. The summed E-state index contributed by atoms with van der Waals surface area (Å²) in [5, 5.41) is 0. The highest BCUT2D eigenvalue weighted by Crippen LogP contribution is 2.20. The molecule has 2 heterocycles. The molecule has 20 heavy (non-hydrogen) atoms. The molecule has 4 heteroatoms. The minimum absolute atomic E-state index is 0.647. The van der Waals surface area contributed by atoms with Crippen LogP contribution in [0.4, 0.5) is 0 Å². The third kappa shape index (κ3) is 3.38. The Morgan fingerprint density at radius 1 is 1.00 bits per heavy atom. The smallest absolute Gasteiger partial charge is 0.0594 e. The second kappa shape index (κ2) is 6.68. The van der Waals surface area contributed by atoms with E-state index in [1.165, 1.54) is 29.8 Å². The van der Waals surface area contributed by atoms with Gasteiger partial charge in [0.15, 0.2) is 0 Å². The molecule has 2 aliphatic rings. The van der Waals surface area contributed by atoms with Gasteiger partial charge in [-0.15, -0.1) is 0 Å². The molecule has 1 aromatic carbocycles. The van der Waals surface area contributed by atoms with Crippen molar-refractivity contribution in [2.24, 2.45) is 5.73 Å². The first-order chi connectivity index (χ1) is 9.85. The summed E-state index contributed by atoms with van der Waals surface area (Å²) in [6.45, 7) is 9.20. The lowest BCUT2D eigenvalue weighted by atomic mass is 9.97. The fourth-order valence-corrected chi connectivity index (χ4v) is 3.09. The van der Waals surface area contributed by atoms with Crippen molar-refractivity contribution in [2.75, 3.05) is 45.9 Å². The predicted octanol–water partition coefficient (Wildman–Crippen LogP) is 0.836. The quantitative estimate of drug-likeness (QED) is 0.884. The second-order valence-corrected chi connectivity index (χ2v) is 5.79. The van der Waals surface area contributed by atoms with Gasteiger partial charge < -0.3 is 10.5 Å². The van der Waals surface area contributed by atoms with E-state index in [4.69, 9.17) is 10.5 Å². The summed E-state index contributed by atoms with van der Waals surface area (Å²) in [7, 11) is 0. The van der Waals surface area contributed by atoms with E-state index in [0.29, 0.717) is 6.54 Å². The number of benzene rings is 1. The van der Waals surface area contributed by atoms with Crippen molar-refractivity contribution in [2.45, 2.75) is 19.5 Å². The van der Waals surface area contributed by atoms with E-state index in [9.17, 15) is 0 Å². The van der Waals surface area contributed by atoms with Gasteiger partial charge in [0, 0.05) is 45.8 Å². The third-order valence-corrected chi connectivity index (χ3v) is 4.43. The highest BCUT2D eigenvalue weighted by molar-refractivity contribution is 5.33. The molecule has 1 saturated heterocycles. The molecule has 3 rings (SSSR count). The molecule has 0 saturated carbocycles. The first-order valence-corrected chi connectivity index (χ1v) is 7.68. The van der Waals surface area contributed by atoms with Crippen molar-refractivity contribution < 1.29 is 4.74 Å². The summed E-state index contributed by atoms with van der Waals surface area (Å²) < 4.78 is 5.39.